The summed E-state index contributed by atoms with van der Waals surface area (Å²) in [7, 11) is 1.63. The summed E-state index contributed by atoms with van der Waals surface area (Å²) in [6.45, 7) is 3.46. The highest BCUT2D eigenvalue weighted by molar-refractivity contribution is 7.99. The van der Waals surface area contributed by atoms with Gasteiger partial charge < -0.3 is 19.3 Å². The van der Waals surface area contributed by atoms with Crippen molar-refractivity contribution in [2.75, 3.05) is 6.61 Å². The molecule has 0 amide bonds. The van der Waals surface area contributed by atoms with Crippen molar-refractivity contribution in [3.05, 3.63) is 21.8 Å². The van der Waals surface area contributed by atoms with Crippen LogP contribution < -0.4 is 0 Å². The summed E-state index contributed by atoms with van der Waals surface area (Å²) in [6, 6.07) is 0. The normalized spacial score (nSPS) is 10.6. The van der Waals surface area contributed by atoms with Gasteiger partial charge in [-0.15, -0.1) is 5.10 Å². The minimum Gasteiger partial charge on any atom is -0.459 e. The molecule has 0 spiro atoms. The number of carbonyl (C=O) groups is 1. The van der Waals surface area contributed by atoms with E-state index in [1.165, 1.54) is 4.57 Å². The molecular weight excluding hydrogens is 302 g/mol. The first-order valence-electron chi connectivity index (χ1n) is 5.80. The number of hydrogen-bond donors (Lipinski definition) is 0. The molecule has 0 aliphatic heterocycles. The molecule has 0 atom stereocenters. The van der Waals surface area contributed by atoms with E-state index in [0.29, 0.717) is 5.82 Å². The molecule has 0 aromatic carbocycles. The smallest absolute Gasteiger partial charge is 0.396 e. The van der Waals surface area contributed by atoms with Crippen LogP contribution in [0.2, 0.25) is 0 Å². The molecule has 11 heteroatoms. The number of rotatable bonds is 5. The molecule has 0 N–H and O–H groups in total. The molecule has 0 unspecified atom stereocenters. The molecule has 0 saturated heterocycles. The van der Waals surface area contributed by atoms with Crippen molar-refractivity contribution in [2.45, 2.75) is 24.1 Å². The van der Waals surface area contributed by atoms with Crippen molar-refractivity contribution in [3.63, 3.8) is 0 Å². The second-order valence-electron chi connectivity index (χ2n) is 3.80. The first-order valence-corrected chi connectivity index (χ1v) is 6.61. The quantitative estimate of drug-likeness (QED) is 0.456. The first kappa shape index (κ1) is 15.0. The largest absolute Gasteiger partial charge is 0.459 e. The van der Waals surface area contributed by atoms with Gasteiger partial charge >= 0.3 is 17.7 Å². The molecule has 0 aliphatic rings. The van der Waals surface area contributed by atoms with Crippen LogP contribution >= 0.6 is 11.8 Å². The summed E-state index contributed by atoms with van der Waals surface area (Å²) in [4.78, 5) is 25.6. The highest BCUT2D eigenvalue weighted by atomic mass is 32.2. The van der Waals surface area contributed by atoms with Gasteiger partial charge in [0.1, 0.15) is 0 Å². The van der Waals surface area contributed by atoms with Gasteiger partial charge in [-0.05, 0) is 28.6 Å². The van der Waals surface area contributed by atoms with Crippen LogP contribution in [0.25, 0.3) is 0 Å². The summed E-state index contributed by atoms with van der Waals surface area (Å²) >= 11 is 0.857. The van der Waals surface area contributed by atoms with Gasteiger partial charge in [0.2, 0.25) is 5.82 Å². The summed E-state index contributed by atoms with van der Waals surface area (Å²) in [5.41, 5.74) is 0. The van der Waals surface area contributed by atoms with Crippen LogP contribution in [0.1, 0.15) is 23.4 Å². The Hall–Kier alpha value is -2.43. The Labute approximate surface area is 122 Å². The van der Waals surface area contributed by atoms with E-state index in [0.717, 1.165) is 11.8 Å². The van der Waals surface area contributed by atoms with Gasteiger partial charge in [0, 0.05) is 14.0 Å². The second kappa shape index (κ2) is 5.91. The van der Waals surface area contributed by atoms with Crippen molar-refractivity contribution in [1.82, 2.24) is 19.7 Å². The fourth-order valence-corrected chi connectivity index (χ4v) is 2.26. The molecule has 0 bridgehead atoms. The van der Waals surface area contributed by atoms with E-state index >= 15 is 0 Å². The minimum absolute atomic E-state index is 0.0100. The predicted molar refractivity (Wildman–Crippen MR) is 69.0 cm³/mol. The van der Waals surface area contributed by atoms with Gasteiger partial charge in [-0.2, -0.15) is 0 Å². The lowest BCUT2D eigenvalue weighted by Crippen LogP contribution is -2.04. The molecular formula is C10H11N5O5S. The molecule has 21 heavy (non-hydrogen) atoms. The molecule has 0 aliphatic carbocycles. The van der Waals surface area contributed by atoms with E-state index in [1.807, 2.05) is 0 Å². The zero-order valence-corrected chi connectivity index (χ0v) is 12.2. The van der Waals surface area contributed by atoms with Gasteiger partial charge in [-0.1, -0.05) is 5.10 Å². The van der Waals surface area contributed by atoms with Crippen molar-refractivity contribution in [3.8, 4) is 0 Å². The molecule has 10 nitrogen and oxygen atoms in total. The maximum absolute atomic E-state index is 11.4. The number of nitrogens with zero attached hydrogens (tertiary/aromatic N) is 5. The van der Waals surface area contributed by atoms with Gasteiger partial charge in [-0.3, -0.25) is 4.57 Å². The number of carbonyl (C=O) groups excluding carboxylic acids is 1. The monoisotopic (exact) mass is 313 g/mol. The molecule has 2 aromatic rings. The number of esters is 1. The lowest BCUT2D eigenvalue weighted by Gasteiger charge is -1.98. The topological polar surface area (TPSA) is 126 Å². The second-order valence-corrected chi connectivity index (χ2v) is 4.74. The number of hydrogen-bond acceptors (Lipinski definition) is 9. The number of aryl methyl sites for hydroxylation is 1. The average molecular weight is 313 g/mol. The fourth-order valence-electron chi connectivity index (χ4n) is 1.42. The fraction of sp³-hybridized carbons (Fsp3) is 0.400. The molecule has 2 heterocycles. The molecule has 0 fully saturated rings. The van der Waals surface area contributed by atoms with E-state index in [1.54, 1.807) is 20.9 Å². The van der Waals surface area contributed by atoms with E-state index in [9.17, 15) is 14.9 Å². The van der Waals surface area contributed by atoms with Crippen LogP contribution in [0.4, 0.5) is 5.82 Å². The van der Waals surface area contributed by atoms with Crippen molar-refractivity contribution in [2.24, 2.45) is 7.05 Å². The maximum atomic E-state index is 11.4. The molecule has 0 saturated carbocycles. The van der Waals surface area contributed by atoms with E-state index in [2.05, 4.69) is 15.2 Å². The highest BCUT2D eigenvalue weighted by Gasteiger charge is 2.27. The zero-order valence-electron chi connectivity index (χ0n) is 11.4. The predicted octanol–water partition coefficient (Wildman–Crippen LogP) is 1.35. The van der Waals surface area contributed by atoms with Crippen molar-refractivity contribution < 1.29 is 18.9 Å². The van der Waals surface area contributed by atoms with Gasteiger partial charge in [0.15, 0.2) is 5.03 Å². The Morgan fingerprint density at radius 1 is 1.52 bits per heavy atom. The molecule has 112 valence electrons. The Bertz CT molecular complexity index is 694. The van der Waals surface area contributed by atoms with Crippen LogP contribution in [0.3, 0.4) is 0 Å². The lowest BCUT2D eigenvalue weighted by molar-refractivity contribution is -0.392. The standard InChI is InChI=1S/C10H11N5O5S/c1-4-19-9(16)7-12-13-10(20-7)21-8-6(15(17)18)11-5(2)14(8)3/h4H2,1-3H3. The number of imidazole rings is 1. The number of ether oxygens (including phenoxy) is 1. The summed E-state index contributed by atoms with van der Waals surface area (Å²) in [6.07, 6.45) is 0. The van der Waals surface area contributed by atoms with Crippen molar-refractivity contribution >= 4 is 23.5 Å². The number of nitro groups is 1. The Kier molecular flexibility index (Phi) is 4.21. The summed E-state index contributed by atoms with van der Waals surface area (Å²) < 4.78 is 11.3. The third-order valence-electron chi connectivity index (χ3n) is 2.46. The van der Waals surface area contributed by atoms with Crippen LogP contribution in [0, 0.1) is 17.0 Å². The lowest BCUT2D eigenvalue weighted by atomic mass is 10.7. The summed E-state index contributed by atoms with van der Waals surface area (Å²) in [5, 5.41) is 18.4. The first-order chi connectivity index (χ1) is 9.93. The van der Waals surface area contributed by atoms with E-state index < -0.39 is 10.9 Å². The zero-order chi connectivity index (χ0) is 15.6. The third-order valence-corrected chi connectivity index (χ3v) is 3.45. The van der Waals surface area contributed by atoms with Crippen LogP contribution in [-0.4, -0.2) is 37.2 Å². The SMILES string of the molecule is CCOC(=O)c1nnc(Sc2c([N+](=O)[O-])nc(C)n2C)o1. The Morgan fingerprint density at radius 2 is 2.24 bits per heavy atom. The Balaban J connectivity index is 2.27. The van der Waals surface area contributed by atoms with Crippen LogP contribution in [0.5, 0.6) is 0 Å². The van der Waals surface area contributed by atoms with Gasteiger partial charge in [0.25, 0.3) is 5.22 Å². The molecule has 0 radical (unpaired) electrons. The third kappa shape index (κ3) is 3.02. The maximum Gasteiger partial charge on any atom is 0.396 e. The molecule has 2 rings (SSSR count). The van der Waals surface area contributed by atoms with Crippen LogP contribution in [-0.2, 0) is 11.8 Å². The van der Waals surface area contributed by atoms with Crippen molar-refractivity contribution in [1.29, 1.82) is 0 Å². The minimum atomic E-state index is -0.743. The van der Waals surface area contributed by atoms with E-state index in [-0.39, 0.29) is 28.6 Å². The van der Waals surface area contributed by atoms with Crippen LogP contribution in [0.15, 0.2) is 14.7 Å². The van der Waals surface area contributed by atoms with Gasteiger partial charge in [0.05, 0.1) is 6.61 Å². The number of aromatic nitrogens is 4. The molecule has 2 aromatic heterocycles. The highest BCUT2D eigenvalue weighted by Crippen LogP contribution is 2.33. The summed E-state index contributed by atoms with van der Waals surface area (Å²) in [5.74, 6) is -0.890. The van der Waals surface area contributed by atoms with Gasteiger partial charge in [-0.25, -0.2) is 4.79 Å². The van der Waals surface area contributed by atoms with E-state index in [4.69, 9.17) is 9.15 Å². The Morgan fingerprint density at radius 3 is 2.86 bits per heavy atom. The average Bonchev–Trinajstić information content (AvgIpc) is 2.99.